The summed E-state index contributed by atoms with van der Waals surface area (Å²) in [4.78, 5) is 8.16. The average molecular weight is 285 g/mol. The molecule has 0 radical (unpaired) electrons. The van der Waals surface area contributed by atoms with Crippen LogP contribution >= 0.6 is 15.9 Å². The molecule has 1 aliphatic rings. The van der Waals surface area contributed by atoms with Crippen LogP contribution in [-0.2, 0) is 0 Å². The summed E-state index contributed by atoms with van der Waals surface area (Å²) in [5, 5.41) is 3.42. The normalized spacial score (nSPS) is 26.1. The first-order valence-electron chi connectivity index (χ1n) is 5.75. The van der Waals surface area contributed by atoms with Crippen molar-refractivity contribution in [1.82, 2.24) is 9.97 Å². The first kappa shape index (κ1) is 11.8. The summed E-state index contributed by atoms with van der Waals surface area (Å²) in [7, 11) is 0. The Morgan fingerprint density at radius 2 is 2.12 bits per heavy atom. The number of aromatic nitrogens is 2. The smallest absolute Gasteiger partial charge is 0.144 e. The van der Waals surface area contributed by atoms with Crippen molar-refractivity contribution in [2.45, 2.75) is 44.2 Å². The van der Waals surface area contributed by atoms with Gasteiger partial charge in [-0.2, -0.15) is 0 Å². The van der Waals surface area contributed by atoms with E-state index in [1.165, 1.54) is 19.3 Å². The number of nitrogens with two attached hydrogens (primary N) is 1. The van der Waals surface area contributed by atoms with Gasteiger partial charge in [0.1, 0.15) is 12.1 Å². The summed E-state index contributed by atoms with van der Waals surface area (Å²) in [6, 6.07) is 0.554. The van der Waals surface area contributed by atoms with E-state index in [4.69, 9.17) is 5.73 Å². The predicted molar refractivity (Wildman–Crippen MR) is 68.2 cm³/mol. The van der Waals surface area contributed by atoms with E-state index in [9.17, 15) is 0 Å². The fraction of sp³-hybridized carbons (Fsp3) is 0.636. The second kappa shape index (κ2) is 5.59. The maximum absolute atomic E-state index is 6.16. The van der Waals surface area contributed by atoms with E-state index < -0.39 is 0 Å². The van der Waals surface area contributed by atoms with Crippen molar-refractivity contribution >= 4 is 21.7 Å². The van der Waals surface area contributed by atoms with Crippen LogP contribution in [0.25, 0.3) is 0 Å². The highest BCUT2D eigenvalue weighted by molar-refractivity contribution is 9.10. The summed E-state index contributed by atoms with van der Waals surface area (Å²) < 4.78 is 0.895. The molecular weight excluding hydrogens is 268 g/mol. The van der Waals surface area contributed by atoms with Gasteiger partial charge in [-0.1, -0.05) is 19.3 Å². The van der Waals surface area contributed by atoms with Crippen LogP contribution in [0, 0.1) is 0 Å². The topological polar surface area (TPSA) is 63.8 Å². The largest absolute Gasteiger partial charge is 0.365 e. The molecule has 1 aliphatic carbocycles. The summed E-state index contributed by atoms with van der Waals surface area (Å²) in [6.45, 7) is 0. The molecule has 0 amide bonds. The van der Waals surface area contributed by atoms with E-state index in [0.29, 0.717) is 6.04 Å². The van der Waals surface area contributed by atoms with Gasteiger partial charge >= 0.3 is 0 Å². The van der Waals surface area contributed by atoms with E-state index in [0.717, 1.165) is 23.1 Å². The van der Waals surface area contributed by atoms with Crippen molar-refractivity contribution in [3.8, 4) is 0 Å². The molecule has 2 unspecified atom stereocenters. The zero-order valence-electron chi connectivity index (χ0n) is 9.19. The highest BCUT2D eigenvalue weighted by Crippen LogP contribution is 2.23. The second-order valence-electron chi connectivity index (χ2n) is 4.27. The second-order valence-corrected chi connectivity index (χ2v) is 5.13. The molecule has 4 nitrogen and oxygen atoms in total. The van der Waals surface area contributed by atoms with Gasteiger partial charge in [0.25, 0.3) is 0 Å². The zero-order chi connectivity index (χ0) is 11.4. The number of halogens is 1. The van der Waals surface area contributed by atoms with E-state index in [-0.39, 0.29) is 6.04 Å². The molecule has 0 saturated heterocycles. The van der Waals surface area contributed by atoms with Crippen molar-refractivity contribution in [3.63, 3.8) is 0 Å². The van der Waals surface area contributed by atoms with Crippen LogP contribution in [0.4, 0.5) is 5.82 Å². The molecule has 2 rings (SSSR count). The molecule has 5 heteroatoms. The average Bonchev–Trinajstić information content (AvgIpc) is 2.48. The molecule has 0 aromatic carbocycles. The molecule has 0 spiro atoms. The van der Waals surface area contributed by atoms with E-state index in [1.807, 2.05) is 0 Å². The number of hydrogen-bond donors (Lipinski definition) is 2. The van der Waals surface area contributed by atoms with Crippen LogP contribution in [0.3, 0.4) is 0 Å². The Bertz CT molecular complexity index is 345. The van der Waals surface area contributed by atoms with Gasteiger partial charge in [0, 0.05) is 18.3 Å². The summed E-state index contributed by atoms with van der Waals surface area (Å²) in [5.41, 5.74) is 6.16. The van der Waals surface area contributed by atoms with Gasteiger partial charge in [-0.3, -0.25) is 0 Å². The van der Waals surface area contributed by atoms with Crippen molar-refractivity contribution in [1.29, 1.82) is 0 Å². The Kier molecular flexibility index (Phi) is 4.12. The van der Waals surface area contributed by atoms with Crippen molar-refractivity contribution in [2.75, 3.05) is 5.32 Å². The first-order valence-corrected chi connectivity index (χ1v) is 6.54. The molecular formula is C11H17BrN4. The van der Waals surface area contributed by atoms with Gasteiger partial charge in [0.15, 0.2) is 0 Å². The maximum atomic E-state index is 6.16. The van der Waals surface area contributed by atoms with E-state index in [2.05, 4.69) is 31.2 Å². The van der Waals surface area contributed by atoms with Gasteiger partial charge in [-0.05, 0) is 28.8 Å². The fourth-order valence-electron chi connectivity index (χ4n) is 2.11. The Morgan fingerprint density at radius 3 is 2.94 bits per heavy atom. The minimum absolute atomic E-state index is 0.226. The predicted octanol–water partition coefficient (Wildman–Crippen LogP) is 2.31. The lowest BCUT2D eigenvalue weighted by Gasteiger charge is -2.23. The number of hydrogen-bond acceptors (Lipinski definition) is 4. The van der Waals surface area contributed by atoms with Gasteiger partial charge in [-0.25, -0.2) is 9.97 Å². The molecule has 3 N–H and O–H groups in total. The van der Waals surface area contributed by atoms with E-state index in [1.54, 1.807) is 12.5 Å². The Balaban J connectivity index is 2.05. The van der Waals surface area contributed by atoms with Crippen molar-refractivity contribution in [2.24, 2.45) is 5.73 Å². The number of nitrogens with one attached hydrogen (secondary N) is 1. The molecule has 2 atom stereocenters. The van der Waals surface area contributed by atoms with E-state index >= 15 is 0 Å². The zero-order valence-corrected chi connectivity index (χ0v) is 10.8. The maximum Gasteiger partial charge on any atom is 0.144 e. The van der Waals surface area contributed by atoms with Crippen LogP contribution in [0.1, 0.15) is 32.1 Å². The van der Waals surface area contributed by atoms with Crippen LogP contribution in [-0.4, -0.2) is 22.1 Å². The summed E-state index contributed by atoms with van der Waals surface area (Å²) in [5.74, 6) is 0.845. The molecule has 1 saturated carbocycles. The lowest BCUT2D eigenvalue weighted by atomic mass is 10.0. The number of rotatable bonds is 2. The SMILES string of the molecule is NC1CCCCCC1Nc1ncncc1Br. The standard InChI is InChI=1S/C11H17BrN4/c12-8-6-14-7-15-11(8)16-10-5-3-1-2-4-9(10)13/h6-7,9-10H,1-5,13H2,(H,14,15,16). The number of anilines is 1. The third kappa shape index (κ3) is 2.92. The van der Waals surface area contributed by atoms with Crippen molar-refractivity contribution in [3.05, 3.63) is 17.0 Å². The molecule has 88 valence electrons. The Hall–Kier alpha value is -0.680. The summed E-state index contributed by atoms with van der Waals surface area (Å²) >= 11 is 3.43. The Morgan fingerprint density at radius 1 is 1.31 bits per heavy atom. The molecule has 0 aliphatic heterocycles. The number of nitrogens with zero attached hydrogens (tertiary/aromatic N) is 2. The van der Waals surface area contributed by atoms with Gasteiger partial charge in [0.05, 0.1) is 4.47 Å². The Labute approximate surface area is 104 Å². The molecule has 16 heavy (non-hydrogen) atoms. The van der Waals surface area contributed by atoms with Crippen LogP contribution in [0.5, 0.6) is 0 Å². The highest BCUT2D eigenvalue weighted by Gasteiger charge is 2.21. The van der Waals surface area contributed by atoms with Gasteiger partial charge in [-0.15, -0.1) is 0 Å². The van der Waals surface area contributed by atoms with Crippen LogP contribution in [0.2, 0.25) is 0 Å². The third-order valence-corrected chi connectivity index (χ3v) is 3.64. The highest BCUT2D eigenvalue weighted by atomic mass is 79.9. The van der Waals surface area contributed by atoms with Crippen LogP contribution in [0.15, 0.2) is 17.0 Å². The molecule has 1 aromatic rings. The van der Waals surface area contributed by atoms with Crippen LogP contribution < -0.4 is 11.1 Å². The fourth-order valence-corrected chi connectivity index (χ4v) is 2.45. The van der Waals surface area contributed by atoms with Gasteiger partial charge in [0.2, 0.25) is 0 Å². The van der Waals surface area contributed by atoms with Crippen molar-refractivity contribution < 1.29 is 0 Å². The molecule has 1 heterocycles. The molecule has 0 bridgehead atoms. The minimum Gasteiger partial charge on any atom is -0.365 e. The molecule has 1 fully saturated rings. The lowest BCUT2D eigenvalue weighted by Crippen LogP contribution is -2.39. The third-order valence-electron chi connectivity index (χ3n) is 3.06. The quantitative estimate of drug-likeness (QED) is 0.818. The monoisotopic (exact) mass is 284 g/mol. The minimum atomic E-state index is 0.226. The lowest BCUT2D eigenvalue weighted by molar-refractivity contribution is 0.526. The summed E-state index contributed by atoms with van der Waals surface area (Å²) in [6.07, 6.45) is 9.29. The van der Waals surface area contributed by atoms with Gasteiger partial charge < -0.3 is 11.1 Å². The molecule has 1 aromatic heterocycles. The first-order chi connectivity index (χ1) is 7.77.